The topological polar surface area (TPSA) is 112 Å². The Bertz CT molecular complexity index is 753. The van der Waals surface area contributed by atoms with Gasteiger partial charge in [0.15, 0.2) is 11.7 Å². The van der Waals surface area contributed by atoms with Crippen molar-refractivity contribution in [3.05, 3.63) is 46.8 Å². The maximum atomic E-state index is 12.0. The van der Waals surface area contributed by atoms with Crippen molar-refractivity contribution in [2.75, 3.05) is 11.9 Å². The van der Waals surface area contributed by atoms with Gasteiger partial charge in [0.25, 0.3) is 11.8 Å². The van der Waals surface area contributed by atoms with Gasteiger partial charge in [-0.05, 0) is 23.6 Å². The third-order valence-electron chi connectivity index (χ3n) is 3.03. The summed E-state index contributed by atoms with van der Waals surface area (Å²) in [6.07, 6.45) is 1.38. The van der Waals surface area contributed by atoms with Gasteiger partial charge >= 0.3 is 0 Å². The van der Waals surface area contributed by atoms with E-state index in [1.165, 1.54) is 17.5 Å². The molecule has 0 fully saturated rings. The van der Waals surface area contributed by atoms with E-state index in [0.29, 0.717) is 4.88 Å². The second-order valence-corrected chi connectivity index (χ2v) is 5.66. The summed E-state index contributed by atoms with van der Waals surface area (Å²) >= 11 is 1.29. The Morgan fingerprint density at radius 3 is 2.71 bits per heavy atom. The van der Waals surface area contributed by atoms with Gasteiger partial charge in [0.1, 0.15) is 5.82 Å². The Morgan fingerprint density at radius 2 is 2.08 bits per heavy atom. The number of nitrogens with zero attached hydrogens (tertiary/aromatic N) is 2. The molecule has 1 unspecified atom stereocenters. The summed E-state index contributed by atoms with van der Waals surface area (Å²) in [6, 6.07) is 10.0. The molecule has 8 heteroatoms. The first-order chi connectivity index (χ1) is 11.6. The maximum Gasteiger partial charge on any atom is 0.261 e. The van der Waals surface area contributed by atoms with Crippen LogP contribution in [0, 0.1) is 17.2 Å². The zero-order chi connectivity index (χ0) is 17.4. The molecule has 0 aliphatic rings. The van der Waals surface area contributed by atoms with Gasteiger partial charge in [0, 0.05) is 19.2 Å². The van der Waals surface area contributed by atoms with Crippen molar-refractivity contribution in [2.24, 2.45) is 5.92 Å². The van der Waals surface area contributed by atoms with Crippen LogP contribution in [-0.4, -0.2) is 29.1 Å². The molecule has 0 saturated carbocycles. The highest BCUT2D eigenvalue weighted by molar-refractivity contribution is 7.12. The predicted octanol–water partition coefficient (Wildman–Crippen LogP) is 1.61. The van der Waals surface area contributed by atoms with Gasteiger partial charge in [-0.1, -0.05) is 12.1 Å². The molecule has 0 spiro atoms. The van der Waals surface area contributed by atoms with E-state index >= 15 is 0 Å². The maximum absolute atomic E-state index is 12.0. The highest BCUT2D eigenvalue weighted by Crippen LogP contribution is 2.09. The van der Waals surface area contributed by atoms with Crippen molar-refractivity contribution in [1.82, 2.24) is 10.3 Å². The smallest absolute Gasteiger partial charge is 0.261 e. The molecule has 0 saturated heterocycles. The number of Topliss-reactive ketones (excluding diaryl/α,β-unsaturated/α-hetero) is 1. The predicted molar refractivity (Wildman–Crippen MR) is 88.2 cm³/mol. The fourth-order valence-electron chi connectivity index (χ4n) is 1.85. The largest absolute Gasteiger partial charge is 0.351 e. The molecular weight excluding hydrogens is 328 g/mol. The number of ketones is 1. The molecule has 0 bridgehead atoms. The van der Waals surface area contributed by atoms with E-state index in [4.69, 9.17) is 5.26 Å². The summed E-state index contributed by atoms with van der Waals surface area (Å²) in [4.78, 5) is 40.2. The lowest BCUT2D eigenvalue weighted by atomic mass is 10.0. The molecule has 7 nitrogen and oxygen atoms in total. The highest BCUT2D eigenvalue weighted by Gasteiger charge is 2.26. The number of thiophene rings is 1. The first-order valence-corrected chi connectivity index (χ1v) is 7.95. The van der Waals surface area contributed by atoms with Crippen molar-refractivity contribution < 1.29 is 14.4 Å². The van der Waals surface area contributed by atoms with Crippen molar-refractivity contribution in [3.63, 3.8) is 0 Å². The fraction of sp³-hybridized carbons (Fsp3) is 0.188. The molecular formula is C16H14N4O3S. The number of anilines is 1. The number of hydrogen-bond donors (Lipinski definition) is 2. The molecule has 0 radical (unpaired) electrons. The van der Waals surface area contributed by atoms with Crippen molar-refractivity contribution in [3.8, 4) is 6.07 Å². The molecule has 2 aromatic rings. The van der Waals surface area contributed by atoms with Crippen molar-refractivity contribution in [2.45, 2.75) is 6.42 Å². The van der Waals surface area contributed by atoms with Gasteiger partial charge in [0.2, 0.25) is 0 Å². The van der Waals surface area contributed by atoms with E-state index in [9.17, 15) is 14.4 Å². The third kappa shape index (κ3) is 4.72. The molecule has 0 aliphatic carbocycles. The molecule has 0 aromatic carbocycles. The first kappa shape index (κ1) is 17.3. The van der Waals surface area contributed by atoms with Crippen LogP contribution in [0.3, 0.4) is 0 Å². The van der Waals surface area contributed by atoms with E-state index in [1.54, 1.807) is 41.8 Å². The third-order valence-corrected chi connectivity index (χ3v) is 3.90. The van der Waals surface area contributed by atoms with E-state index in [0.717, 1.165) is 0 Å². The molecule has 2 N–H and O–H groups in total. The number of carbonyl (C=O) groups is 3. The average molecular weight is 342 g/mol. The SMILES string of the molecule is N#CC(C(=O)CCNC(=O)c1cccs1)C(=O)Nc1ccccn1. The van der Waals surface area contributed by atoms with Crippen LogP contribution in [0.5, 0.6) is 0 Å². The number of hydrogen-bond acceptors (Lipinski definition) is 6. The Hall–Kier alpha value is -3.05. The van der Waals surface area contributed by atoms with Crippen molar-refractivity contribution in [1.29, 1.82) is 5.26 Å². The molecule has 2 amide bonds. The van der Waals surface area contributed by atoms with E-state index in [1.807, 2.05) is 0 Å². The first-order valence-electron chi connectivity index (χ1n) is 7.07. The summed E-state index contributed by atoms with van der Waals surface area (Å²) in [5.74, 6) is -2.75. The molecule has 2 heterocycles. The zero-order valence-corrected chi connectivity index (χ0v) is 13.4. The summed E-state index contributed by atoms with van der Waals surface area (Å²) in [5.41, 5.74) is 0. The monoisotopic (exact) mass is 342 g/mol. The Labute approximate surface area is 142 Å². The normalized spacial score (nSPS) is 11.1. The van der Waals surface area contributed by atoms with E-state index in [-0.39, 0.29) is 24.7 Å². The van der Waals surface area contributed by atoms with Gasteiger partial charge in [-0.15, -0.1) is 11.3 Å². The van der Waals surface area contributed by atoms with Crippen LogP contribution in [0.1, 0.15) is 16.1 Å². The summed E-state index contributed by atoms with van der Waals surface area (Å²) in [6.45, 7) is 0.0601. The standard InChI is InChI=1S/C16H14N4O3S/c17-10-11(15(22)20-14-5-1-2-7-18-14)12(21)6-8-19-16(23)13-4-3-9-24-13/h1-5,7,9,11H,6,8H2,(H,19,23)(H,18,20,22). The van der Waals surface area contributed by atoms with Crippen LogP contribution in [0.25, 0.3) is 0 Å². The lowest BCUT2D eigenvalue weighted by Crippen LogP contribution is -2.32. The second-order valence-electron chi connectivity index (χ2n) is 4.72. The molecule has 2 aromatic heterocycles. The number of nitrogens with one attached hydrogen (secondary N) is 2. The highest BCUT2D eigenvalue weighted by atomic mass is 32.1. The van der Waals surface area contributed by atoms with E-state index in [2.05, 4.69) is 15.6 Å². The second kappa shape index (κ2) is 8.55. The Balaban J connectivity index is 1.84. The lowest BCUT2D eigenvalue weighted by Gasteiger charge is -2.09. The van der Waals surface area contributed by atoms with Gasteiger partial charge in [-0.25, -0.2) is 4.98 Å². The quantitative estimate of drug-likeness (QED) is 0.742. The van der Waals surface area contributed by atoms with Crippen LogP contribution < -0.4 is 10.6 Å². The molecule has 0 aliphatic heterocycles. The minimum atomic E-state index is -1.44. The molecule has 122 valence electrons. The Morgan fingerprint density at radius 1 is 1.25 bits per heavy atom. The number of amides is 2. The zero-order valence-electron chi connectivity index (χ0n) is 12.6. The van der Waals surface area contributed by atoms with Gasteiger partial charge < -0.3 is 10.6 Å². The van der Waals surface area contributed by atoms with Gasteiger partial charge in [-0.3, -0.25) is 14.4 Å². The van der Waals surface area contributed by atoms with Crippen LogP contribution in [0.2, 0.25) is 0 Å². The number of aromatic nitrogens is 1. The lowest BCUT2D eigenvalue weighted by molar-refractivity contribution is -0.128. The number of rotatable bonds is 7. The number of carbonyl (C=O) groups excluding carboxylic acids is 3. The van der Waals surface area contributed by atoms with Crippen LogP contribution in [-0.2, 0) is 9.59 Å². The summed E-state index contributed by atoms with van der Waals surface area (Å²) < 4.78 is 0. The molecule has 24 heavy (non-hydrogen) atoms. The molecule has 2 rings (SSSR count). The minimum absolute atomic E-state index is 0.0601. The van der Waals surface area contributed by atoms with Gasteiger partial charge in [0.05, 0.1) is 10.9 Å². The summed E-state index contributed by atoms with van der Waals surface area (Å²) in [7, 11) is 0. The van der Waals surface area contributed by atoms with Crippen LogP contribution >= 0.6 is 11.3 Å². The Kier molecular flexibility index (Phi) is 6.16. The number of nitriles is 1. The number of pyridine rings is 1. The van der Waals surface area contributed by atoms with Crippen LogP contribution in [0.15, 0.2) is 41.9 Å². The molecule has 1 atom stereocenters. The average Bonchev–Trinajstić information content (AvgIpc) is 3.11. The minimum Gasteiger partial charge on any atom is -0.351 e. The van der Waals surface area contributed by atoms with Crippen LogP contribution in [0.4, 0.5) is 5.82 Å². The van der Waals surface area contributed by atoms with E-state index < -0.39 is 17.6 Å². The van der Waals surface area contributed by atoms with Gasteiger partial charge in [-0.2, -0.15) is 5.26 Å². The van der Waals surface area contributed by atoms with Crippen molar-refractivity contribution >= 4 is 34.8 Å². The fourth-order valence-corrected chi connectivity index (χ4v) is 2.49. The summed E-state index contributed by atoms with van der Waals surface area (Å²) in [5, 5.41) is 15.8.